The van der Waals surface area contributed by atoms with Crippen LogP contribution < -0.4 is 0 Å². The Kier molecular flexibility index (Phi) is 1.42. The number of halogens is 1. The van der Waals surface area contributed by atoms with Crippen LogP contribution in [0.15, 0.2) is 0 Å². The van der Waals surface area contributed by atoms with Gasteiger partial charge in [0.2, 0.25) is 0 Å². The van der Waals surface area contributed by atoms with Crippen molar-refractivity contribution in [3.63, 3.8) is 0 Å². The summed E-state index contributed by atoms with van der Waals surface area (Å²) in [7, 11) is 0. The molecule has 0 spiro atoms. The molecule has 0 fully saturated rings. The highest BCUT2D eigenvalue weighted by atomic mass is 79.9. The van der Waals surface area contributed by atoms with Gasteiger partial charge in [0.1, 0.15) is 0 Å². The quantitative estimate of drug-likeness (QED) is 0.444. The Hall–Kier alpha value is 0.480. The summed E-state index contributed by atoms with van der Waals surface area (Å²) in [6, 6.07) is 0. The minimum Gasteiger partial charge on any atom is -0.0856 e. The molecule has 0 nitrogen and oxygen atoms in total. The molecule has 0 bridgehead atoms. The lowest BCUT2D eigenvalue weighted by atomic mass is 10.3. The summed E-state index contributed by atoms with van der Waals surface area (Å²) in [5, 5.41) is 0. The van der Waals surface area contributed by atoms with Crippen LogP contribution in [-0.2, 0) is 0 Å². The van der Waals surface area contributed by atoms with Gasteiger partial charge >= 0.3 is 0 Å². The van der Waals surface area contributed by atoms with E-state index < -0.39 is 0 Å². The lowest BCUT2D eigenvalue weighted by Gasteiger charge is -2.01. The monoisotopic (exact) mass is 134 g/mol. The zero-order valence-electron chi connectivity index (χ0n) is 3.29. The fourth-order valence-electron chi connectivity index (χ4n) is 0. The molecule has 0 aliphatic heterocycles. The molecule has 2 radical (unpaired) electrons. The lowest BCUT2D eigenvalue weighted by Crippen LogP contribution is -1.99. The fourth-order valence-corrected chi connectivity index (χ4v) is 0. The number of alkyl halides is 1. The van der Waals surface area contributed by atoms with Gasteiger partial charge < -0.3 is 0 Å². The highest BCUT2D eigenvalue weighted by Crippen LogP contribution is 2.10. The van der Waals surface area contributed by atoms with Crippen molar-refractivity contribution in [2.45, 2.75) is 11.2 Å². The predicted octanol–water partition coefficient (Wildman–Crippen LogP) is 1.81. The molecule has 0 amide bonds. The largest absolute Gasteiger partial charge is 0.0856 e. The molecule has 0 saturated carbocycles. The van der Waals surface area contributed by atoms with Gasteiger partial charge in [-0.1, -0.05) is 15.9 Å². The van der Waals surface area contributed by atoms with Gasteiger partial charge in [0, 0.05) is 4.32 Å². The second kappa shape index (κ2) is 1.29. The molecule has 0 rings (SSSR count). The van der Waals surface area contributed by atoms with Crippen LogP contribution in [0.3, 0.4) is 0 Å². The van der Waals surface area contributed by atoms with Gasteiger partial charge in [0.25, 0.3) is 0 Å². The normalized spacial score (nSPS) is 12.0. The predicted molar refractivity (Wildman–Crippen MR) is 28.0 cm³/mol. The van der Waals surface area contributed by atoms with E-state index in [4.69, 9.17) is 0 Å². The van der Waals surface area contributed by atoms with Gasteiger partial charge in [-0.15, -0.1) is 0 Å². The van der Waals surface area contributed by atoms with Crippen molar-refractivity contribution < 1.29 is 0 Å². The molecular weight excluding hydrogens is 128 g/mol. The first-order valence-electron chi connectivity index (χ1n) is 1.40. The van der Waals surface area contributed by atoms with Crippen molar-refractivity contribution in [3.8, 4) is 0 Å². The third-order valence-corrected chi connectivity index (χ3v) is 0. The average molecular weight is 135 g/mol. The molecule has 5 heavy (non-hydrogen) atoms. The van der Waals surface area contributed by atoms with Crippen molar-refractivity contribution in [1.29, 1.82) is 0 Å². The summed E-state index contributed by atoms with van der Waals surface area (Å²) in [4.78, 5) is 0. The SMILES string of the molecule is [CH2]C([CH2])(C)Br. The summed E-state index contributed by atoms with van der Waals surface area (Å²) in [5.41, 5.74) is 0. The first-order chi connectivity index (χ1) is 2.00. The van der Waals surface area contributed by atoms with Gasteiger partial charge in [0.15, 0.2) is 0 Å². The summed E-state index contributed by atoms with van der Waals surface area (Å²) in [6.45, 7) is 9.03. The first kappa shape index (κ1) is 5.48. The van der Waals surface area contributed by atoms with E-state index in [1.807, 2.05) is 6.92 Å². The second-order valence-electron chi connectivity index (χ2n) is 1.41. The molecule has 0 heterocycles. The zero-order valence-corrected chi connectivity index (χ0v) is 4.88. The van der Waals surface area contributed by atoms with Gasteiger partial charge in [0.05, 0.1) is 0 Å². The Balaban J connectivity index is 3.02. The third-order valence-electron chi connectivity index (χ3n) is 0. The summed E-state index contributed by atoms with van der Waals surface area (Å²) < 4.78 is -0.188. The van der Waals surface area contributed by atoms with Crippen molar-refractivity contribution >= 4 is 15.9 Å². The highest BCUT2D eigenvalue weighted by molar-refractivity contribution is 9.10. The summed E-state index contributed by atoms with van der Waals surface area (Å²) >= 11 is 3.15. The van der Waals surface area contributed by atoms with E-state index in [-0.39, 0.29) is 4.32 Å². The standard InChI is InChI=1S/C4H7Br/c1-4(2,3)5/h1-2H2,3H3. The molecule has 0 unspecified atom stereocenters. The Morgan fingerprint density at radius 1 is 1.60 bits per heavy atom. The van der Waals surface area contributed by atoms with Crippen LogP contribution in [0.1, 0.15) is 6.92 Å². The van der Waals surface area contributed by atoms with Crippen LogP contribution in [0.4, 0.5) is 0 Å². The van der Waals surface area contributed by atoms with Crippen LogP contribution in [0.25, 0.3) is 0 Å². The minimum absolute atomic E-state index is 0.188. The molecule has 30 valence electrons. The molecule has 0 aromatic carbocycles. The molecule has 0 aromatic rings. The third kappa shape index (κ3) is 120. The van der Waals surface area contributed by atoms with E-state index in [0.717, 1.165) is 0 Å². The number of rotatable bonds is 0. The topological polar surface area (TPSA) is 0 Å². The lowest BCUT2D eigenvalue weighted by molar-refractivity contribution is 1.03. The smallest absolute Gasteiger partial charge is 0.0230 e. The molecule has 0 saturated heterocycles. The van der Waals surface area contributed by atoms with Crippen LogP contribution in [0.5, 0.6) is 0 Å². The van der Waals surface area contributed by atoms with E-state index in [1.54, 1.807) is 0 Å². The van der Waals surface area contributed by atoms with E-state index in [9.17, 15) is 0 Å². The van der Waals surface area contributed by atoms with Gasteiger partial charge in [-0.2, -0.15) is 0 Å². The van der Waals surface area contributed by atoms with Crippen LogP contribution in [0, 0.1) is 13.8 Å². The molecule has 0 atom stereocenters. The maximum absolute atomic E-state index is 3.58. The van der Waals surface area contributed by atoms with E-state index in [2.05, 4.69) is 29.8 Å². The van der Waals surface area contributed by atoms with Gasteiger partial charge in [-0.05, 0) is 20.8 Å². The maximum Gasteiger partial charge on any atom is 0.0230 e. The molecule has 1 heteroatoms. The molecular formula is C4H7Br. The van der Waals surface area contributed by atoms with Gasteiger partial charge in [-0.3, -0.25) is 0 Å². The van der Waals surface area contributed by atoms with E-state index in [0.29, 0.717) is 0 Å². The number of hydrogen-bond acceptors (Lipinski definition) is 0. The van der Waals surface area contributed by atoms with Crippen LogP contribution in [0.2, 0.25) is 0 Å². The number of hydrogen-bond donors (Lipinski definition) is 0. The first-order valence-corrected chi connectivity index (χ1v) is 2.19. The Morgan fingerprint density at radius 2 is 1.60 bits per heavy atom. The maximum atomic E-state index is 3.58. The van der Waals surface area contributed by atoms with Crippen molar-refractivity contribution in [3.05, 3.63) is 13.8 Å². The Morgan fingerprint density at radius 3 is 1.60 bits per heavy atom. The molecule has 0 aliphatic rings. The molecule has 0 N–H and O–H groups in total. The Bertz CT molecular complexity index is 19.1. The molecule has 0 aliphatic carbocycles. The molecule has 0 aromatic heterocycles. The summed E-state index contributed by atoms with van der Waals surface area (Å²) in [6.07, 6.45) is 0. The van der Waals surface area contributed by atoms with Crippen molar-refractivity contribution in [2.75, 3.05) is 0 Å². The van der Waals surface area contributed by atoms with Crippen LogP contribution >= 0.6 is 15.9 Å². The second-order valence-corrected chi connectivity index (χ2v) is 3.33. The van der Waals surface area contributed by atoms with E-state index >= 15 is 0 Å². The Labute approximate surface area is 41.7 Å². The average Bonchev–Trinajstić information content (AvgIpc) is 0.722. The van der Waals surface area contributed by atoms with Crippen molar-refractivity contribution in [2.24, 2.45) is 0 Å². The minimum atomic E-state index is -0.188. The van der Waals surface area contributed by atoms with Crippen LogP contribution in [-0.4, -0.2) is 4.32 Å². The van der Waals surface area contributed by atoms with Gasteiger partial charge in [-0.25, -0.2) is 0 Å². The van der Waals surface area contributed by atoms with Crippen molar-refractivity contribution in [1.82, 2.24) is 0 Å². The fraction of sp³-hybridized carbons (Fsp3) is 0.500. The highest BCUT2D eigenvalue weighted by Gasteiger charge is 1.99. The summed E-state index contributed by atoms with van der Waals surface area (Å²) in [5.74, 6) is 0. The van der Waals surface area contributed by atoms with E-state index in [1.165, 1.54) is 0 Å². The zero-order chi connectivity index (χ0) is 4.50.